The highest BCUT2D eigenvalue weighted by Gasteiger charge is 2.24. The molecule has 0 bridgehead atoms. The first-order valence-corrected chi connectivity index (χ1v) is 10.4. The number of aromatic nitrogens is 1. The molecule has 1 aliphatic rings. The SMILES string of the molecule is N#Cc1nc(COc2ccc(Cl)cc2)oc1NC[C@H](c1ccccc1)N1CCCC1. The fourth-order valence-corrected chi connectivity index (χ4v) is 3.80. The highest BCUT2D eigenvalue weighted by molar-refractivity contribution is 6.30. The molecule has 0 radical (unpaired) electrons. The van der Waals surface area contributed by atoms with Crippen LogP contribution in [0.5, 0.6) is 5.75 Å². The topological polar surface area (TPSA) is 74.3 Å². The van der Waals surface area contributed by atoms with Gasteiger partial charge in [-0.15, -0.1) is 0 Å². The number of halogens is 1. The van der Waals surface area contributed by atoms with Crippen molar-refractivity contribution in [3.05, 3.63) is 76.8 Å². The maximum atomic E-state index is 9.46. The Bertz CT molecular complexity index is 992. The summed E-state index contributed by atoms with van der Waals surface area (Å²) in [6.07, 6.45) is 2.42. The van der Waals surface area contributed by atoms with Crippen LogP contribution in [-0.2, 0) is 6.61 Å². The van der Waals surface area contributed by atoms with Crippen LogP contribution >= 0.6 is 11.6 Å². The number of nitrogens with one attached hydrogen (secondary N) is 1. The van der Waals surface area contributed by atoms with Gasteiger partial charge in [-0.1, -0.05) is 41.9 Å². The highest BCUT2D eigenvalue weighted by Crippen LogP contribution is 2.27. The van der Waals surface area contributed by atoms with Gasteiger partial charge in [-0.2, -0.15) is 10.2 Å². The van der Waals surface area contributed by atoms with Crippen LogP contribution in [0.15, 0.2) is 59.0 Å². The Balaban J connectivity index is 1.44. The van der Waals surface area contributed by atoms with Crippen molar-refractivity contribution in [1.82, 2.24) is 9.88 Å². The maximum absolute atomic E-state index is 9.46. The second-order valence-electron chi connectivity index (χ2n) is 7.19. The number of likely N-dealkylation sites (tertiary alicyclic amines) is 1. The van der Waals surface area contributed by atoms with Crippen molar-refractivity contribution in [2.75, 3.05) is 25.0 Å². The molecule has 2 aromatic carbocycles. The van der Waals surface area contributed by atoms with Gasteiger partial charge in [-0.25, -0.2) is 0 Å². The lowest BCUT2D eigenvalue weighted by atomic mass is 10.1. The first-order valence-electron chi connectivity index (χ1n) is 10.0. The van der Waals surface area contributed by atoms with Gasteiger partial charge in [0.2, 0.25) is 17.5 Å². The lowest BCUT2D eigenvalue weighted by molar-refractivity contribution is 0.252. The lowest BCUT2D eigenvalue weighted by Crippen LogP contribution is -2.31. The molecule has 1 N–H and O–H groups in total. The molecule has 30 heavy (non-hydrogen) atoms. The summed E-state index contributed by atoms with van der Waals surface area (Å²) in [4.78, 5) is 6.72. The second-order valence-corrected chi connectivity index (χ2v) is 7.63. The number of ether oxygens (including phenoxy) is 1. The van der Waals surface area contributed by atoms with Gasteiger partial charge in [-0.05, 0) is 55.8 Å². The van der Waals surface area contributed by atoms with Gasteiger partial charge >= 0.3 is 0 Å². The van der Waals surface area contributed by atoms with Crippen LogP contribution in [0.25, 0.3) is 0 Å². The number of nitriles is 1. The van der Waals surface area contributed by atoms with Crippen molar-refractivity contribution in [3.8, 4) is 11.8 Å². The predicted octanol–water partition coefficient (Wildman–Crippen LogP) is 5.03. The number of nitrogens with zero attached hydrogens (tertiary/aromatic N) is 3. The van der Waals surface area contributed by atoms with E-state index in [-0.39, 0.29) is 18.3 Å². The van der Waals surface area contributed by atoms with Crippen LogP contribution in [-0.4, -0.2) is 29.5 Å². The Kier molecular flexibility index (Phi) is 6.53. The average Bonchev–Trinajstić information content (AvgIpc) is 3.44. The summed E-state index contributed by atoms with van der Waals surface area (Å²) in [6.45, 7) is 2.91. The van der Waals surface area contributed by atoms with Gasteiger partial charge in [0.15, 0.2) is 6.61 Å². The fourth-order valence-electron chi connectivity index (χ4n) is 3.67. The van der Waals surface area contributed by atoms with Crippen LogP contribution in [0.4, 0.5) is 5.88 Å². The van der Waals surface area contributed by atoms with Gasteiger partial charge < -0.3 is 14.5 Å². The number of benzene rings is 2. The summed E-state index contributed by atoms with van der Waals surface area (Å²) in [5, 5.41) is 13.4. The van der Waals surface area contributed by atoms with Gasteiger partial charge in [0, 0.05) is 11.6 Å². The Labute approximate surface area is 181 Å². The van der Waals surface area contributed by atoms with E-state index in [0.29, 0.717) is 29.1 Å². The van der Waals surface area contributed by atoms with Crippen LogP contribution in [0, 0.1) is 11.3 Å². The highest BCUT2D eigenvalue weighted by atomic mass is 35.5. The number of hydrogen-bond acceptors (Lipinski definition) is 6. The van der Waals surface area contributed by atoms with Gasteiger partial charge in [0.1, 0.15) is 11.8 Å². The average molecular weight is 423 g/mol. The van der Waals surface area contributed by atoms with E-state index in [1.54, 1.807) is 24.3 Å². The normalized spacial score (nSPS) is 14.9. The van der Waals surface area contributed by atoms with E-state index < -0.39 is 0 Å². The quantitative estimate of drug-likeness (QED) is 0.549. The molecule has 0 amide bonds. The van der Waals surface area contributed by atoms with E-state index in [4.69, 9.17) is 20.8 Å². The van der Waals surface area contributed by atoms with E-state index in [1.807, 2.05) is 6.07 Å². The molecule has 7 heteroatoms. The molecule has 1 atom stereocenters. The Morgan fingerprint density at radius 2 is 1.87 bits per heavy atom. The minimum absolute atomic E-state index is 0.131. The molecule has 4 rings (SSSR count). The molecule has 0 spiro atoms. The summed E-state index contributed by atoms with van der Waals surface area (Å²) in [6, 6.07) is 19.8. The van der Waals surface area contributed by atoms with E-state index >= 15 is 0 Å². The summed E-state index contributed by atoms with van der Waals surface area (Å²) in [5.41, 5.74) is 1.48. The fraction of sp³-hybridized carbons (Fsp3) is 0.304. The smallest absolute Gasteiger partial charge is 0.236 e. The van der Waals surface area contributed by atoms with Crippen LogP contribution in [0.1, 0.15) is 36.0 Å². The van der Waals surface area contributed by atoms with E-state index in [0.717, 1.165) is 13.1 Å². The van der Waals surface area contributed by atoms with Gasteiger partial charge in [-0.3, -0.25) is 4.90 Å². The first-order chi connectivity index (χ1) is 14.7. The number of anilines is 1. The van der Waals surface area contributed by atoms with Crippen molar-refractivity contribution in [1.29, 1.82) is 5.26 Å². The van der Waals surface area contributed by atoms with Crippen LogP contribution in [0.3, 0.4) is 0 Å². The predicted molar refractivity (Wildman–Crippen MR) is 115 cm³/mol. The van der Waals surface area contributed by atoms with E-state index in [1.165, 1.54) is 18.4 Å². The standard InChI is InChI=1S/C23H23ClN4O2/c24-18-8-10-19(11-9-18)29-16-22-27-20(14-25)23(30-22)26-15-21(28-12-4-5-13-28)17-6-2-1-3-7-17/h1-3,6-11,21,26H,4-5,12-13,15-16H2/t21-/m1/s1. The zero-order chi connectivity index (χ0) is 20.8. The van der Waals surface area contributed by atoms with Gasteiger partial charge in [0.05, 0.1) is 6.04 Å². The Morgan fingerprint density at radius 1 is 1.13 bits per heavy atom. The third-order valence-electron chi connectivity index (χ3n) is 5.18. The molecule has 1 aliphatic heterocycles. The molecular weight excluding hydrogens is 400 g/mol. The molecule has 6 nitrogen and oxygen atoms in total. The van der Waals surface area contributed by atoms with E-state index in [9.17, 15) is 5.26 Å². The number of hydrogen-bond donors (Lipinski definition) is 1. The van der Waals surface area contributed by atoms with Crippen LogP contribution in [0.2, 0.25) is 5.02 Å². The van der Waals surface area contributed by atoms with Crippen molar-refractivity contribution in [3.63, 3.8) is 0 Å². The summed E-state index contributed by atoms with van der Waals surface area (Å²) in [7, 11) is 0. The lowest BCUT2D eigenvalue weighted by Gasteiger charge is -2.28. The summed E-state index contributed by atoms with van der Waals surface area (Å²) < 4.78 is 11.5. The largest absolute Gasteiger partial charge is 0.484 e. The van der Waals surface area contributed by atoms with Crippen molar-refractivity contribution >= 4 is 17.5 Å². The third kappa shape index (κ3) is 4.93. The third-order valence-corrected chi connectivity index (χ3v) is 5.43. The molecular formula is C23H23ClN4O2. The Morgan fingerprint density at radius 3 is 2.57 bits per heavy atom. The molecule has 3 aromatic rings. The molecule has 0 aliphatic carbocycles. The minimum atomic E-state index is 0.131. The zero-order valence-electron chi connectivity index (χ0n) is 16.6. The molecule has 0 unspecified atom stereocenters. The molecule has 154 valence electrons. The number of rotatable bonds is 8. The Hall–Kier alpha value is -3.01. The molecule has 1 saturated heterocycles. The second kappa shape index (κ2) is 9.66. The zero-order valence-corrected chi connectivity index (χ0v) is 17.3. The van der Waals surface area contributed by atoms with Gasteiger partial charge in [0.25, 0.3) is 0 Å². The molecule has 0 saturated carbocycles. The molecule has 1 aromatic heterocycles. The van der Waals surface area contributed by atoms with Crippen molar-refractivity contribution in [2.45, 2.75) is 25.5 Å². The first kappa shape index (κ1) is 20.3. The van der Waals surface area contributed by atoms with Crippen LogP contribution < -0.4 is 10.1 Å². The van der Waals surface area contributed by atoms with Crippen molar-refractivity contribution < 1.29 is 9.15 Å². The number of oxazole rings is 1. The monoisotopic (exact) mass is 422 g/mol. The van der Waals surface area contributed by atoms with Crippen molar-refractivity contribution in [2.24, 2.45) is 0 Å². The summed E-state index contributed by atoms with van der Waals surface area (Å²) >= 11 is 5.89. The van der Waals surface area contributed by atoms with E-state index in [2.05, 4.69) is 45.5 Å². The minimum Gasteiger partial charge on any atom is -0.484 e. The molecule has 1 fully saturated rings. The summed E-state index contributed by atoms with van der Waals surface area (Å²) in [5.74, 6) is 1.39. The maximum Gasteiger partial charge on any atom is 0.236 e. The molecule has 2 heterocycles.